The van der Waals surface area contributed by atoms with Gasteiger partial charge in [0.25, 0.3) is 0 Å². The fourth-order valence-electron chi connectivity index (χ4n) is 5.89. The topological polar surface area (TPSA) is 100 Å². The van der Waals surface area contributed by atoms with Gasteiger partial charge in [0.05, 0.1) is 23.8 Å². The van der Waals surface area contributed by atoms with Crippen LogP contribution in [0.3, 0.4) is 0 Å². The smallest absolute Gasteiger partial charge is 0.335 e. The lowest BCUT2D eigenvalue weighted by molar-refractivity contribution is -0.162. The quantitative estimate of drug-likeness (QED) is 0.336. The maximum absolute atomic E-state index is 14.3. The summed E-state index contributed by atoms with van der Waals surface area (Å²) in [6.07, 6.45) is 3.25. The molecule has 3 N–H and O–H groups in total. The zero-order valence-corrected chi connectivity index (χ0v) is 21.1. The molecule has 0 aliphatic heterocycles. The van der Waals surface area contributed by atoms with Crippen molar-refractivity contribution in [1.29, 1.82) is 0 Å². The number of fused-ring (bicyclic) bond motifs is 2. The number of rotatable bonds is 6. The minimum absolute atomic E-state index is 0.0430. The molecular formula is C28H32FN3O4. The van der Waals surface area contributed by atoms with Gasteiger partial charge in [-0.15, -0.1) is 0 Å². The summed E-state index contributed by atoms with van der Waals surface area (Å²) in [5, 5.41) is 29.5. The van der Waals surface area contributed by atoms with Crippen molar-refractivity contribution >= 4 is 27.8 Å². The molecule has 7 nitrogen and oxygen atoms in total. The van der Waals surface area contributed by atoms with Crippen LogP contribution in [0.1, 0.15) is 62.3 Å². The molecule has 1 fully saturated rings. The van der Waals surface area contributed by atoms with Gasteiger partial charge in [-0.25, -0.2) is 9.18 Å². The summed E-state index contributed by atoms with van der Waals surface area (Å²) in [5.41, 5.74) is 3.35. The third kappa shape index (κ3) is 3.89. The predicted molar refractivity (Wildman–Crippen MR) is 136 cm³/mol. The second-order valence-electron chi connectivity index (χ2n) is 10.8. The summed E-state index contributed by atoms with van der Waals surface area (Å²) < 4.78 is 22.1. The highest BCUT2D eigenvalue weighted by Crippen LogP contribution is 2.47. The number of aliphatic hydroxyl groups is 1. The van der Waals surface area contributed by atoms with E-state index in [0.29, 0.717) is 25.0 Å². The number of aromatic amines is 1. The first kappa shape index (κ1) is 24.5. The maximum Gasteiger partial charge on any atom is 0.335 e. The number of carboxylic acid groups (broad SMARTS) is 1. The Morgan fingerprint density at radius 3 is 2.64 bits per heavy atom. The molecule has 0 radical (unpaired) electrons. The van der Waals surface area contributed by atoms with Gasteiger partial charge >= 0.3 is 5.97 Å². The van der Waals surface area contributed by atoms with Crippen molar-refractivity contribution in [3.8, 4) is 5.69 Å². The number of methoxy groups -OCH3 is 1. The number of benzene rings is 2. The molecule has 4 aromatic rings. The van der Waals surface area contributed by atoms with Crippen LogP contribution in [0, 0.1) is 12.7 Å². The van der Waals surface area contributed by atoms with Crippen LogP contribution in [-0.2, 0) is 14.9 Å². The van der Waals surface area contributed by atoms with Crippen molar-refractivity contribution in [1.82, 2.24) is 14.8 Å². The van der Waals surface area contributed by atoms with E-state index in [4.69, 9.17) is 4.74 Å². The Kier molecular flexibility index (Phi) is 5.92. The highest BCUT2D eigenvalue weighted by molar-refractivity contribution is 5.99. The Morgan fingerprint density at radius 2 is 2.00 bits per heavy atom. The molecule has 5 rings (SSSR count). The standard InChI is InChI=1S/C28H32FN3O4/c1-16-11-19(5-6-21(16)29)32-23-12-18-14-30-31-22(18)13-20(23)24(25(32)27(2,3)15-36-4)17-7-9-28(35,10-8-17)26(33)34/h5-6,11-14,17,35H,7-10,15H2,1-4H3,(H,30,31)(H,33,34)/t17-,28+. The van der Waals surface area contributed by atoms with Crippen molar-refractivity contribution in [2.45, 2.75) is 63.4 Å². The van der Waals surface area contributed by atoms with Crippen molar-refractivity contribution in [3.63, 3.8) is 0 Å². The molecule has 190 valence electrons. The number of hydrogen-bond acceptors (Lipinski definition) is 4. The van der Waals surface area contributed by atoms with Crippen molar-refractivity contribution < 1.29 is 24.1 Å². The molecule has 0 atom stereocenters. The first-order chi connectivity index (χ1) is 17.1. The largest absolute Gasteiger partial charge is 0.479 e. The van der Waals surface area contributed by atoms with Crippen LogP contribution < -0.4 is 0 Å². The van der Waals surface area contributed by atoms with Gasteiger partial charge in [-0.05, 0) is 80.0 Å². The molecule has 2 aromatic carbocycles. The van der Waals surface area contributed by atoms with Gasteiger partial charge in [-0.3, -0.25) is 5.10 Å². The molecule has 1 aliphatic carbocycles. The summed E-state index contributed by atoms with van der Waals surface area (Å²) in [6, 6.07) is 9.34. The number of carboxylic acids is 1. The number of aromatic nitrogens is 3. The van der Waals surface area contributed by atoms with E-state index in [1.165, 1.54) is 6.07 Å². The molecule has 0 bridgehead atoms. The zero-order valence-electron chi connectivity index (χ0n) is 21.1. The second-order valence-corrected chi connectivity index (χ2v) is 10.8. The Balaban J connectivity index is 1.82. The number of halogens is 1. The van der Waals surface area contributed by atoms with E-state index in [2.05, 4.69) is 40.7 Å². The lowest BCUT2D eigenvalue weighted by Gasteiger charge is -2.35. The Bertz CT molecular complexity index is 1460. The minimum atomic E-state index is -1.69. The van der Waals surface area contributed by atoms with Crippen LogP contribution >= 0.6 is 0 Å². The van der Waals surface area contributed by atoms with Crippen LogP contribution in [0.2, 0.25) is 0 Å². The van der Waals surface area contributed by atoms with E-state index in [9.17, 15) is 19.4 Å². The van der Waals surface area contributed by atoms with Crippen molar-refractivity contribution in [2.75, 3.05) is 13.7 Å². The minimum Gasteiger partial charge on any atom is -0.479 e. The lowest BCUT2D eigenvalue weighted by atomic mass is 9.73. The van der Waals surface area contributed by atoms with Gasteiger partial charge in [-0.2, -0.15) is 5.10 Å². The van der Waals surface area contributed by atoms with Gasteiger partial charge in [0.15, 0.2) is 5.60 Å². The normalized spacial score (nSPS) is 20.9. The third-order valence-corrected chi connectivity index (χ3v) is 7.73. The molecular weight excluding hydrogens is 461 g/mol. The summed E-state index contributed by atoms with van der Waals surface area (Å²) >= 11 is 0. The van der Waals surface area contributed by atoms with E-state index in [-0.39, 0.29) is 24.6 Å². The maximum atomic E-state index is 14.3. The number of hydrogen-bond donors (Lipinski definition) is 3. The molecule has 2 aromatic heterocycles. The van der Waals surface area contributed by atoms with E-state index >= 15 is 0 Å². The van der Waals surface area contributed by atoms with E-state index in [1.807, 2.05) is 6.07 Å². The average molecular weight is 494 g/mol. The summed E-state index contributed by atoms with van der Waals surface area (Å²) in [4.78, 5) is 11.7. The molecule has 1 aliphatic rings. The number of nitrogens with one attached hydrogen (secondary N) is 1. The lowest BCUT2D eigenvalue weighted by Crippen LogP contribution is -2.41. The molecule has 0 amide bonds. The predicted octanol–water partition coefficient (Wildman–Crippen LogP) is 5.35. The molecule has 36 heavy (non-hydrogen) atoms. The number of carbonyl (C=O) groups is 1. The first-order valence-corrected chi connectivity index (χ1v) is 12.3. The van der Waals surface area contributed by atoms with Gasteiger partial charge in [0, 0.05) is 34.7 Å². The van der Waals surface area contributed by atoms with E-state index in [1.54, 1.807) is 26.3 Å². The van der Waals surface area contributed by atoms with Crippen molar-refractivity contribution in [3.05, 3.63) is 59.2 Å². The molecule has 1 saturated carbocycles. The number of aliphatic carboxylic acids is 1. The van der Waals surface area contributed by atoms with Crippen LogP contribution in [-0.4, -0.2) is 50.3 Å². The van der Waals surface area contributed by atoms with Crippen LogP contribution in [0.25, 0.3) is 27.5 Å². The van der Waals surface area contributed by atoms with Gasteiger partial charge in [-0.1, -0.05) is 13.8 Å². The average Bonchev–Trinajstić information content (AvgIpc) is 3.42. The summed E-state index contributed by atoms with van der Waals surface area (Å²) in [6.45, 7) is 6.48. The second kappa shape index (κ2) is 8.71. The first-order valence-electron chi connectivity index (χ1n) is 12.3. The van der Waals surface area contributed by atoms with Gasteiger partial charge in [0.2, 0.25) is 0 Å². The molecule has 0 spiro atoms. The number of aryl methyl sites for hydroxylation is 1. The monoisotopic (exact) mass is 493 g/mol. The number of H-pyrrole nitrogens is 1. The molecule has 2 heterocycles. The summed E-state index contributed by atoms with van der Waals surface area (Å²) in [7, 11) is 1.68. The molecule has 0 saturated heterocycles. The fraction of sp³-hybridized carbons (Fsp3) is 0.429. The zero-order chi connectivity index (χ0) is 25.8. The Morgan fingerprint density at radius 1 is 1.28 bits per heavy atom. The number of ether oxygens (including phenoxy) is 1. The highest BCUT2D eigenvalue weighted by atomic mass is 19.1. The summed E-state index contributed by atoms with van der Waals surface area (Å²) in [5.74, 6) is -1.38. The highest BCUT2D eigenvalue weighted by Gasteiger charge is 2.43. The molecule has 8 heteroatoms. The van der Waals surface area contributed by atoms with Crippen molar-refractivity contribution in [2.24, 2.45) is 0 Å². The Labute approximate surface area is 208 Å². The van der Waals surface area contributed by atoms with Gasteiger partial charge < -0.3 is 19.5 Å². The van der Waals surface area contributed by atoms with Crippen LogP contribution in [0.5, 0.6) is 0 Å². The number of nitrogens with zero attached hydrogens (tertiary/aromatic N) is 2. The fourth-order valence-corrected chi connectivity index (χ4v) is 5.89. The van der Waals surface area contributed by atoms with E-state index < -0.39 is 17.0 Å². The SMILES string of the molecule is COCC(C)(C)c1c([C@H]2CC[C@](O)(C(=O)O)CC2)c2cc3[nH]ncc3cc2n1-c1ccc(F)c(C)c1. The van der Waals surface area contributed by atoms with Crippen LogP contribution in [0.15, 0.2) is 36.5 Å². The molecule has 0 unspecified atom stereocenters. The van der Waals surface area contributed by atoms with E-state index in [0.717, 1.165) is 38.8 Å². The van der Waals surface area contributed by atoms with Crippen LogP contribution in [0.4, 0.5) is 4.39 Å². The Hall–Kier alpha value is -3.23. The third-order valence-electron chi connectivity index (χ3n) is 7.73. The van der Waals surface area contributed by atoms with Gasteiger partial charge in [0.1, 0.15) is 5.82 Å².